The Morgan fingerprint density at radius 2 is 2.20 bits per heavy atom. The van der Waals surface area contributed by atoms with Gasteiger partial charge in [0.1, 0.15) is 5.78 Å². The monoisotopic (exact) mass is 203 g/mol. The van der Waals surface area contributed by atoms with Crippen LogP contribution in [0.1, 0.15) is 38.7 Å². The van der Waals surface area contributed by atoms with Gasteiger partial charge in [-0.05, 0) is 32.4 Å². The van der Waals surface area contributed by atoms with Crippen LogP contribution < -0.4 is 0 Å². The number of rotatable bonds is 4. The Hall–Kier alpha value is -1.44. The van der Waals surface area contributed by atoms with E-state index in [1.165, 1.54) is 5.57 Å². The van der Waals surface area contributed by atoms with E-state index in [9.17, 15) is 4.79 Å². The summed E-state index contributed by atoms with van der Waals surface area (Å²) >= 11 is 0. The lowest BCUT2D eigenvalue weighted by Gasteiger charge is -2.11. The molecule has 2 heteroatoms. The second-order valence-electron chi connectivity index (χ2n) is 4.04. The molecule has 0 aromatic carbocycles. The Labute approximate surface area is 91.0 Å². The van der Waals surface area contributed by atoms with Crippen LogP contribution in [-0.2, 0) is 4.79 Å². The summed E-state index contributed by atoms with van der Waals surface area (Å²) in [6, 6.07) is 3.92. The first-order valence-corrected chi connectivity index (χ1v) is 5.14. The molecule has 0 unspecified atom stereocenters. The molecule has 0 spiro atoms. The fourth-order valence-corrected chi connectivity index (χ4v) is 1.58. The van der Waals surface area contributed by atoms with Gasteiger partial charge in [0, 0.05) is 24.7 Å². The molecule has 15 heavy (non-hydrogen) atoms. The molecule has 0 fully saturated rings. The average Bonchev–Trinajstić information content (AvgIpc) is 2.17. The van der Waals surface area contributed by atoms with Gasteiger partial charge in [0.25, 0.3) is 0 Å². The lowest BCUT2D eigenvalue weighted by molar-refractivity contribution is -0.117. The maximum atomic E-state index is 11.2. The number of pyridine rings is 1. The number of aromatic nitrogens is 1. The Balaban J connectivity index is 2.91. The van der Waals surface area contributed by atoms with E-state index in [4.69, 9.17) is 0 Å². The Kier molecular flexibility index (Phi) is 4.22. The maximum absolute atomic E-state index is 11.2. The molecule has 0 aliphatic carbocycles. The van der Waals surface area contributed by atoms with Gasteiger partial charge in [0.05, 0.1) is 0 Å². The van der Waals surface area contributed by atoms with Gasteiger partial charge in [0.15, 0.2) is 0 Å². The van der Waals surface area contributed by atoms with Crippen LogP contribution in [0.5, 0.6) is 0 Å². The fourth-order valence-electron chi connectivity index (χ4n) is 1.58. The van der Waals surface area contributed by atoms with E-state index < -0.39 is 0 Å². The maximum Gasteiger partial charge on any atom is 0.130 e. The Bertz CT molecular complexity index is 350. The molecule has 0 amide bonds. The van der Waals surface area contributed by atoms with E-state index in [0.717, 1.165) is 5.56 Å². The summed E-state index contributed by atoms with van der Waals surface area (Å²) in [5, 5.41) is 0. The van der Waals surface area contributed by atoms with Crippen molar-refractivity contribution in [3.05, 3.63) is 41.7 Å². The molecular formula is C13H17NO. The van der Waals surface area contributed by atoms with Crippen LogP contribution in [0, 0.1) is 0 Å². The molecule has 0 N–H and O–H groups in total. The van der Waals surface area contributed by atoms with Crippen molar-refractivity contribution in [3.63, 3.8) is 0 Å². The summed E-state index contributed by atoms with van der Waals surface area (Å²) in [5.41, 5.74) is 2.33. The zero-order valence-electron chi connectivity index (χ0n) is 9.53. The second kappa shape index (κ2) is 5.44. The number of Topliss-reactive ketones (excluding diaryl/α,β-unsaturated/α-hetero) is 1. The summed E-state index contributed by atoms with van der Waals surface area (Å²) in [6.07, 6.45) is 6.25. The van der Waals surface area contributed by atoms with Gasteiger partial charge < -0.3 is 0 Å². The van der Waals surface area contributed by atoms with Crippen LogP contribution in [0.25, 0.3) is 0 Å². The molecular weight excluding hydrogens is 186 g/mol. The van der Waals surface area contributed by atoms with Crippen molar-refractivity contribution in [3.8, 4) is 0 Å². The van der Waals surface area contributed by atoms with E-state index in [1.807, 2.05) is 32.2 Å². The highest BCUT2D eigenvalue weighted by molar-refractivity contribution is 5.76. The van der Waals surface area contributed by atoms with Crippen LogP contribution in [0.15, 0.2) is 36.2 Å². The summed E-state index contributed by atoms with van der Waals surface area (Å²) < 4.78 is 0. The van der Waals surface area contributed by atoms with Crippen LogP contribution >= 0.6 is 0 Å². The van der Waals surface area contributed by atoms with Gasteiger partial charge in [-0.1, -0.05) is 17.7 Å². The molecule has 1 aromatic heterocycles. The fraction of sp³-hybridized carbons (Fsp3) is 0.385. The number of carbonyl (C=O) groups is 1. The third-order valence-electron chi connectivity index (χ3n) is 2.15. The highest BCUT2D eigenvalue weighted by Crippen LogP contribution is 2.22. The first kappa shape index (κ1) is 11.6. The highest BCUT2D eigenvalue weighted by atomic mass is 16.1. The zero-order valence-corrected chi connectivity index (χ0v) is 9.53. The molecule has 0 aliphatic rings. The first-order chi connectivity index (χ1) is 7.09. The standard InChI is InChI=1S/C13H17NO/c1-10(2)7-13(8-11(3)15)12-5-4-6-14-9-12/h4-7,9,13H,8H2,1-3H3/t13-/m1/s1. The minimum atomic E-state index is 0.168. The van der Waals surface area contributed by atoms with E-state index in [1.54, 1.807) is 13.1 Å². The minimum absolute atomic E-state index is 0.168. The summed E-state index contributed by atoms with van der Waals surface area (Å²) in [7, 11) is 0. The van der Waals surface area contributed by atoms with Gasteiger partial charge in [0.2, 0.25) is 0 Å². The van der Waals surface area contributed by atoms with Crippen molar-refractivity contribution in [2.24, 2.45) is 0 Å². The van der Waals surface area contributed by atoms with Gasteiger partial charge in [-0.2, -0.15) is 0 Å². The molecule has 0 radical (unpaired) electrons. The molecule has 80 valence electrons. The molecule has 0 saturated carbocycles. The predicted octanol–water partition coefficient (Wildman–Crippen LogP) is 3.11. The molecule has 0 bridgehead atoms. The Morgan fingerprint density at radius 1 is 1.47 bits per heavy atom. The number of carbonyl (C=O) groups excluding carboxylic acids is 1. The highest BCUT2D eigenvalue weighted by Gasteiger charge is 2.10. The number of hydrogen-bond donors (Lipinski definition) is 0. The summed E-state index contributed by atoms with van der Waals surface area (Å²) in [4.78, 5) is 15.2. The number of allylic oxidation sites excluding steroid dienone is 2. The average molecular weight is 203 g/mol. The summed E-state index contributed by atoms with van der Waals surface area (Å²) in [5.74, 6) is 0.377. The van der Waals surface area contributed by atoms with Gasteiger partial charge in [-0.25, -0.2) is 0 Å². The SMILES string of the molecule is CC(=O)C[C@@H](C=C(C)C)c1cccnc1. The molecule has 0 saturated heterocycles. The quantitative estimate of drug-likeness (QED) is 0.704. The first-order valence-electron chi connectivity index (χ1n) is 5.14. The van der Waals surface area contributed by atoms with Crippen molar-refractivity contribution < 1.29 is 4.79 Å². The van der Waals surface area contributed by atoms with Crippen LogP contribution in [0.4, 0.5) is 0 Å². The van der Waals surface area contributed by atoms with Crippen molar-refractivity contribution in [2.45, 2.75) is 33.1 Å². The lowest BCUT2D eigenvalue weighted by Crippen LogP contribution is -2.02. The largest absolute Gasteiger partial charge is 0.300 e. The third-order valence-corrected chi connectivity index (χ3v) is 2.15. The predicted molar refractivity (Wildman–Crippen MR) is 61.7 cm³/mol. The number of nitrogens with zero attached hydrogens (tertiary/aromatic N) is 1. The van der Waals surface area contributed by atoms with E-state index in [2.05, 4.69) is 11.1 Å². The number of hydrogen-bond acceptors (Lipinski definition) is 2. The third kappa shape index (κ3) is 4.07. The normalized spacial score (nSPS) is 11.9. The topological polar surface area (TPSA) is 30.0 Å². The lowest BCUT2D eigenvalue weighted by atomic mass is 9.93. The molecule has 1 aromatic rings. The number of ketones is 1. The van der Waals surface area contributed by atoms with E-state index in [-0.39, 0.29) is 11.7 Å². The molecule has 1 rings (SSSR count). The van der Waals surface area contributed by atoms with Gasteiger partial charge in [-0.15, -0.1) is 0 Å². The Morgan fingerprint density at radius 3 is 2.67 bits per heavy atom. The molecule has 1 atom stereocenters. The smallest absolute Gasteiger partial charge is 0.130 e. The van der Waals surface area contributed by atoms with Crippen molar-refractivity contribution in [1.29, 1.82) is 0 Å². The molecule has 0 aliphatic heterocycles. The van der Waals surface area contributed by atoms with Crippen LogP contribution in [-0.4, -0.2) is 10.8 Å². The minimum Gasteiger partial charge on any atom is -0.300 e. The van der Waals surface area contributed by atoms with Crippen LogP contribution in [0.3, 0.4) is 0 Å². The van der Waals surface area contributed by atoms with Crippen molar-refractivity contribution >= 4 is 5.78 Å². The summed E-state index contributed by atoms with van der Waals surface area (Å²) in [6.45, 7) is 5.72. The molecule has 1 heterocycles. The second-order valence-corrected chi connectivity index (χ2v) is 4.04. The van der Waals surface area contributed by atoms with Crippen molar-refractivity contribution in [1.82, 2.24) is 4.98 Å². The van der Waals surface area contributed by atoms with E-state index in [0.29, 0.717) is 6.42 Å². The molecule has 2 nitrogen and oxygen atoms in total. The van der Waals surface area contributed by atoms with Gasteiger partial charge >= 0.3 is 0 Å². The van der Waals surface area contributed by atoms with Crippen LogP contribution in [0.2, 0.25) is 0 Å². The van der Waals surface area contributed by atoms with Gasteiger partial charge in [-0.3, -0.25) is 9.78 Å². The van der Waals surface area contributed by atoms with Crippen molar-refractivity contribution in [2.75, 3.05) is 0 Å². The zero-order chi connectivity index (χ0) is 11.3. The van der Waals surface area contributed by atoms with E-state index >= 15 is 0 Å².